The van der Waals surface area contributed by atoms with Crippen LogP contribution >= 0.6 is 0 Å². The van der Waals surface area contributed by atoms with Gasteiger partial charge >= 0.3 is 5.97 Å². The van der Waals surface area contributed by atoms with Crippen LogP contribution in [0.2, 0.25) is 0 Å². The van der Waals surface area contributed by atoms with Crippen LogP contribution in [0.3, 0.4) is 0 Å². The average molecular weight is 528 g/mol. The Morgan fingerprint density at radius 2 is 1.62 bits per heavy atom. The van der Waals surface area contributed by atoms with E-state index in [1.54, 1.807) is 31.2 Å². The number of non-ortho nitro benzene ring substituents is 1. The smallest absolute Gasteiger partial charge is 0.338 e. The predicted molar refractivity (Wildman–Crippen MR) is 147 cm³/mol. The largest absolute Gasteiger partial charge is 0.462 e. The molecule has 1 fully saturated rings. The summed E-state index contributed by atoms with van der Waals surface area (Å²) in [6.45, 7) is 6.70. The third-order valence-corrected chi connectivity index (χ3v) is 6.85. The molecule has 10 heteroatoms. The molecule has 1 saturated heterocycles. The molecule has 4 aromatic rings. The molecule has 2 heterocycles. The number of nitro groups is 1. The first kappa shape index (κ1) is 26.2. The molecule has 10 nitrogen and oxygen atoms in total. The van der Waals surface area contributed by atoms with Gasteiger partial charge in [-0.1, -0.05) is 30.3 Å². The van der Waals surface area contributed by atoms with Crippen molar-refractivity contribution in [1.29, 1.82) is 0 Å². The van der Waals surface area contributed by atoms with Crippen LogP contribution in [-0.2, 0) is 17.8 Å². The summed E-state index contributed by atoms with van der Waals surface area (Å²) in [4.78, 5) is 46.1. The predicted octanol–water partition coefficient (Wildman–Crippen LogP) is 3.79. The van der Waals surface area contributed by atoms with Gasteiger partial charge in [0.15, 0.2) is 0 Å². The van der Waals surface area contributed by atoms with E-state index in [-0.39, 0.29) is 17.7 Å². The lowest BCUT2D eigenvalue weighted by molar-refractivity contribution is -0.384. The maximum absolute atomic E-state index is 13.7. The van der Waals surface area contributed by atoms with Crippen molar-refractivity contribution in [2.75, 3.05) is 32.8 Å². The lowest BCUT2D eigenvalue weighted by Gasteiger charge is -2.34. The fourth-order valence-electron chi connectivity index (χ4n) is 4.81. The van der Waals surface area contributed by atoms with Crippen molar-refractivity contribution in [3.63, 3.8) is 0 Å². The van der Waals surface area contributed by atoms with Crippen molar-refractivity contribution >= 4 is 22.6 Å². The quantitative estimate of drug-likeness (QED) is 0.193. The van der Waals surface area contributed by atoms with Crippen LogP contribution in [0.5, 0.6) is 0 Å². The molecule has 5 rings (SSSR count). The van der Waals surface area contributed by atoms with E-state index in [2.05, 4.69) is 21.9 Å². The Morgan fingerprint density at radius 3 is 2.26 bits per heavy atom. The molecule has 0 saturated carbocycles. The maximum Gasteiger partial charge on any atom is 0.338 e. The highest BCUT2D eigenvalue weighted by Crippen LogP contribution is 2.21. The molecule has 3 aromatic carbocycles. The highest BCUT2D eigenvalue weighted by atomic mass is 16.6. The van der Waals surface area contributed by atoms with Gasteiger partial charge in [-0.3, -0.25) is 29.3 Å². The van der Waals surface area contributed by atoms with E-state index in [4.69, 9.17) is 9.72 Å². The molecule has 39 heavy (non-hydrogen) atoms. The number of carbonyl (C=O) groups excluding carboxylic acids is 1. The standard InChI is InChI=1S/C29H29N5O5/c1-2-39-29(36)22-8-10-23(11-9-22)33-27(30-26-13-12-24(34(37)38)18-25(26)28(33)35)20-32-16-14-31(15-17-32)19-21-6-4-3-5-7-21/h3-13,18H,2,14-17,19-20H2,1H3. The highest BCUT2D eigenvalue weighted by molar-refractivity contribution is 5.89. The maximum atomic E-state index is 13.7. The summed E-state index contributed by atoms with van der Waals surface area (Å²) in [6.07, 6.45) is 0. The van der Waals surface area contributed by atoms with E-state index in [1.807, 2.05) is 18.2 Å². The normalized spacial score (nSPS) is 14.4. The van der Waals surface area contributed by atoms with Crippen molar-refractivity contribution in [2.45, 2.75) is 20.0 Å². The van der Waals surface area contributed by atoms with Gasteiger partial charge in [0, 0.05) is 44.9 Å². The molecule has 1 aliphatic rings. The minimum Gasteiger partial charge on any atom is -0.462 e. The number of nitro benzene ring substituents is 1. The van der Waals surface area contributed by atoms with Gasteiger partial charge in [0.05, 0.1) is 40.2 Å². The van der Waals surface area contributed by atoms with Gasteiger partial charge in [-0.2, -0.15) is 0 Å². The van der Waals surface area contributed by atoms with Gasteiger partial charge < -0.3 is 4.74 Å². The van der Waals surface area contributed by atoms with E-state index in [9.17, 15) is 19.7 Å². The number of hydrogen-bond acceptors (Lipinski definition) is 8. The third-order valence-electron chi connectivity index (χ3n) is 6.85. The van der Waals surface area contributed by atoms with Gasteiger partial charge in [-0.25, -0.2) is 9.78 Å². The summed E-state index contributed by atoms with van der Waals surface area (Å²) in [5.74, 6) is 0.0824. The number of nitrogens with zero attached hydrogens (tertiary/aromatic N) is 5. The van der Waals surface area contributed by atoms with E-state index < -0.39 is 16.5 Å². The molecule has 0 aliphatic carbocycles. The SMILES string of the molecule is CCOC(=O)c1ccc(-n2c(CN3CCN(Cc4ccccc4)CC3)nc3ccc([N+](=O)[O-])cc3c2=O)cc1. The number of esters is 1. The lowest BCUT2D eigenvalue weighted by atomic mass is 10.1. The van der Waals surface area contributed by atoms with Crippen molar-refractivity contribution in [2.24, 2.45) is 0 Å². The zero-order chi connectivity index (χ0) is 27.4. The second kappa shape index (κ2) is 11.5. The molecule has 200 valence electrons. The van der Waals surface area contributed by atoms with Crippen molar-refractivity contribution in [3.8, 4) is 5.69 Å². The first-order chi connectivity index (χ1) is 18.9. The van der Waals surface area contributed by atoms with Crippen LogP contribution < -0.4 is 5.56 Å². The Morgan fingerprint density at radius 1 is 0.949 bits per heavy atom. The topological polar surface area (TPSA) is 111 Å². The van der Waals surface area contributed by atoms with Crippen LogP contribution in [-0.4, -0.2) is 63.0 Å². The van der Waals surface area contributed by atoms with Gasteiger partial charge in [-0.05, 0) is 42.8 Å². The first-order valence-electron chi connectivity index (χ1n) is 12.9. The monoisotopic (exact) mass is 527 g/mol. The number of piperazine rings is 1. The number of fused-ring (bicyclic) bond motifs is 1. The minimum atomic E-state index is -0.528. The zero-order valence-corrected chi connectivity index (χ0v) is 21.7. The van der Waals surface area contributed by atoms with Crippen LogP contribution in [0.25, 0.3) is 16.6 Å². The third kappa shape index (κ3) is 5.87. The molecule has 0 unspecified atom stereocenters. The zero-order valence-electron chi connectivity index (χ0n) is 21.7. The summed E-state index contributed by atoms with van der Waals surface area (Å²) < 4.78 is 6.55. The van der Waals surface area contributed by atoms with Gasteiger partial charge in [0.2, 0.25) is 0 Å². The Kier molecular flexibility index (Phi) is 7.76. The molecule has 0 atom stereocenters. The molecular weight excluding hydrogens is 498 g/mol. The fourth-order valence-corrected chi connectivity index (χ4v) is 4.81. The minimum absolute atomic E-state index is 0.162. The summed E-state index contributed by atoms with van der Waals surface area (Å²) in [7, 11) is 0. The summed E-state index contributed by atoms with van der Waals surface area (Å²) in [5, 5.41) is 11.5. The van der Waals surface area contributed by atoms with Gasteiger partial charge in [0.25, 0.3) is 11.2 Å². The molecule has 0 radical (unpaired) electrons. The number of rotatable bonds is 8. The average Bonchev–Trinajstić information content (AvgIpc) is 2.95. The van der Waals surface area contributed by atoms with Crippen molar-refractivity contribution < 1.29 is 14.5 Å². The van der Waals surface area contributed by atoms with E-state index in [1.165, 1.54) is 28.3 Å². The van der Waals surface area contributed by atoms with Crippen molar-refractivity contribution in [3.05, 3.63) is 110 Å². The summed E-state index contributed by atoms with van der Waals surface area (Å²) >= 11 is 0. The van der Waals surface area contributed by atoms with Gasteiger partial charge in [0.1, 0.15) is 5.82 Å². The second-order valence-electron chi connectivity index (χ2n) is 9.43. The van der Waals surface area contributed by atoms with Crippen molar-refractivity contribution in [1.82, 2.24) is 19.4 Å². The summed E-state index contributed by atoms with van der Waals surface area (Å²) in [6, 6.07) is 21.0. The van der Waals surface area contributed by atoms with Crippen LogP contribution in [0.15, 0.2) is 77.6 Å². The van der Waals surface area contributed by atoms with E-state index >= 15 is 0 Å². The number of aromatic nitrogens is 2. The Bertz CT molecular complexity index is 1540. The molecule has 0 spiro atoms. The highest BCUT2D eigenvalue weighted by Gasteiger charge is 2.22. The number of benzene rings is 3. The fraction of sp³-hybridized carbons (Fsp3) is 0.276. The van der Waals surface area contributed by atoms with E-state index in [0.717, 1.165) is 32.7 Å². The molecule has 1 aromatic heterocycles. The molecule has 0 amide bonds. The number of hydrogen-bond donors (Lipinski definition) is 0. The summed E-state index contributed by atoms with van der Waals surface area (Å²) in [5.41, 5.74) is 2.00. The second-order valence-corrected chi connectivity index (χ2v) is 9.43. The Labute approximate surface area is 225 Å². The van der Waals surface area contributed by atoms with Crippen LogP contribution in [0.1, 0.15) is 28.7 Å². The first-order valence-corrected chi connectivity index (χ1v) is 12.9. The lowest BCUT2D eigenvalue weighted by Crippen LogP contribution is -2.46. The molecule has 0 bridgehead atoms. The number of ether oxygens (including phenoxy) is 1. The Hall–Kier alpha value is -4.41. The van der Waals surface area contributed by atoms with Crippen LogP contribution in [0, 0.1) is 10.1 Å². The molecular formula is C29H29N5O5. The van der Waals surface area contributed by atoms with Crippen LogP contribution in [0.4, 0.5) is 5.69 Å². The molecule has 0 N–H and O–H groups in total. The Balaban J connectivity index is 1.45. The van der Waals surface area contributed by atoms with Gasteiger partial charge in [-0.15, -0.1) is 0 Å². The molecule has 1 aliphatic heterocycles. The number of carbonyl (C=O) groups is 1. The van der Waals surface area contributed by atoms with E-state index in [0.29, 0.717) is 29.1 Å².